The van der Waals surface area contributed by atoms with Gasteiger partial charge < -0.3 is 10.2 Å². The van der Waals surface area contributed by atoms with Crippen LogP contribution in [0.2, 0.25) is 10.0 Å². The average Bonchev–Trinajstić information content (AvgIpc) is 3.11. The second-order valence-corrected chi connectivity index (χ2v) is 6.56. The lowest BCUT2D eigenvalue weighted by Crippen LogP contribution is -2.28. The number of nitrogens with one attached hydrogen (secondary N) is 1. The van der Waals surface area contributed by atoms with Crippen molar-refractivity contribution >= 4 is 34.9 Å². The minimum Gasteiger partial charge on any atom is -0.368 e. The van der Waals surface area contributed by atoms with Gasteiger partial charge in [-0.2, -0.15) is 0 Å². The Morgan fingerprint density at radius 1 is 1.12 bits per heavy atom. The smallest absolute Gasteiger partial charge is 0.274 e. The van der Waals surface area contributed by atoms with E-state index in [0.717, 1.165) is 37.9 Å². The summed E-state index contributed by atoms with van der Waals surface area (Å²) in [6.45, 7) is 2.28. The molecule has 24 heavy (non-hydrogen) atoms. The quantitative estimate of drug-likeness (QED) is 0.878. The Hall–Kier alpha value is -1.85. The van der Waals surface area contributed by atoms with Gasteiger partial charge in [-0.1, -0.05) is 29.3 Å². The van der Waals surface area contributed by atoms with Gasteiger partial charge in [-0.15, -0.1) is 10.2 Å². The first kappa shape index (κ1) is 17.0. The number of carbonyl (C=O) groups excluding carboxylic acids is 1. The van der Waals surface area contributed by atoms with Gasteiger partial charge in [0.1, 0.15) is 5.82 Å². The highest BCUT2D eigenvalue weighted by Crippen LogP contribution is 2.21. The van der Waals surface area contributed by atoms with Crippen molar-refractivity contribution in [2.24, 2.45) is 0 Å². The largest absolute Gasteiger partial charge is 0.368 e. The lowest BCUT2D eigenvalue weighted by molar-refractivity contribution is 0.0786. The van der Waals surface area contributed by atoms with Gasteiger partial charge in [0.05, 0.1) is 0 Å². The summed E-state index contributed by atoms with van der Waals surface area (Å²) in [5.74, 6) is 0.595. The zero-order chi connectivity index (χ0) is 16.9. The number of aromatic nitrogens is 2. The topological polar surface area (TPSA) is 58.1 Å². The van der Waals surface area contributed by atoms with Crippen molar-refractivity contribution in [3.8, 4) is 0 Å². The molecule has 1 aromatic heterocycles. The van der Waals surface area contributed by atoms with Crippen LogP contribution in [0, 0.1) is 0 Å². The molecule has 7 heteroatoms. The molecule has 0 spiro atoms. The van der Waals surface area contributed by atoms with Crippen molar-refractivity contribution in [3.63, 3.8) is 0 Å². The first-order chi connectivity index (χ1) is 11.6. The molecule has 2 aromatic rings. The molecule has 1 aromatic carbocycles. The lowest BCUT2D eigenvalue weighted by Gasteiger charge is -2.14. The molecule has 0 aliphatic carbocycles. The first-order valence-electron chi connectivity index (χ1n) is 7.94. The fourth-order valence-corrected chi connectivity index (χ4v) is 3.18. The van der Waals surface area contributed by atoms with Crippen LogP contribution in [0.15, 0.2) is 30.3 Å². The van der Waals surface area contributed by atoms with E-state index in [-0.39, 0.29) is 5.91 Å². The van der Waals surface area contributed by atoms with Crippen molar-refractivity contribution < 1.29 is 4.79 Å². The zero-order valence-electron chi connectivity index (χ0n) is 13.1. The fourth-order valence-electron chi connectivity index (χ4n) is 2.67. The Morgan fingerprint density at radius 2 is 1.92 bits per heavy atom. The fraction of sp³-hybridized carbons (Fsp3) is 0.353. The van der Waals surface area contributed by atoms with Crippen LogP contribution in [0.3, 0.4) is 0 Å². The third-order valence-corrected chi connectivity index (χ3v) is 4.58. The number of rotatable bonds is 5. The number of likely N-dealkylation sites (tertiary alicyclic amines) is 1. The Bertz CT molecular complexity index is 715. The summed E-state index contributed by atoms with van der Waals surface area (Å²) >= 11 is 12.0. The molecule has 0 saturated carbocycles. The van der Waals surface area contributed by atoms with Gasteiger partial charge in [0.2, 0.25) is 0 Å². The molecule has 1 amide bonds. The summed E-state index contributed by atoms with van der Waals surface area (Å²) in [6, 6.07) is 8.96. The van der Waals surface area contributed by atoms with Gasteiger partial charge in [0, 0.05) is 29.7 Å². The Kier molecular flexibility index (Phi) is 5.53. The van der Waals surface area contributed by atoms with E-state index in [0.29, 0.717) is 28.1 Å². The minimum absolute atomic E-state index is 0.0421. The molecule has 0 atom stereocenters. The molecule has 0 bridgehead atoms. The predicted octanol–water partition coefficient (Wildman–Crippen LogP) is 3.67. The average molecular weight is 365 g/mol. The summed E-state index contributed by atoms with van der Waals surface area (Å²) in [5, 5.41) is 12.6. The van der Waals surface area contributed by atoms with E-state index in [1.165, 1.54) is 0 Å². The summed E-state index contributed by atoms with van der Waals surface area (Å²) in [6.07, 6.45) is 2.87. The maximum absolute atomic E-state index is 12.2. The number of hydrogen-bond acceptors (Lipinski definition) is 4. The minimum atomic E-state index is -0.0421. The summed E-state index contributed by atoms with van der Waals surface area (Å²) in [4.78, 5) is 14.0. The highest BCUT2D eigenvalue weighted by Gasteiger charge is 2.20. The van der Waals surface area contributed by atoms with Gasteiger partial charge >= 0.3 is 0 Å². The second-order valence-electron chi connectivity index (χ2n) is 5.72. The number of hydrogen-bond donors (Lipinski definition) is 1. The van der Waals surface area contributed by atoms with Crippen LogP contribution in [0.25, 0.3) is 0 Å². The summed E-state index contributed by atoms with van der Waals surface area (Å²) < 4.78 is 0. The molecular weight excluding hydrogens is 347 g/mol. The second kappa shape index (κ2) is 7.81. The summed E-state index contributed by atoms with van der Waals surface area (Å²) in [5.41, 5.74) is 1.41. The zero-order valence-corrected chi connectivity index (χ0v) is 14.6. The Morgan fingerprint density at radius 3 is 2.58 bits per heavy atom. The monoisotopic (exact) mass is 364 g/mol. The molecule has 0 unspecified atom stereocenters. The molecule has 1 N–H and O–H groups in total. The van der Waals surface area contributed by atoms with E-state index in [9.17, 15) is 4.79 Å². The van der Waals surface area contributed by atoms with Crippen LogP contribution in [0.4, 0.5) is 5.82 Å². The molecule has 5 nitrogen and oxygen atoms in total. The molecule has 0 radical (unpaired) electrons. The van der Waals surface area contributed by atoms with Crippen LogP contribution in [-0.2, 0) is 6.42 Å². The van der Waals surface area contributed by atoms with E-state index < -0.39 is 0 Å². The highest BCUT2D eigenvalue weighted by molar-refractivity contribution is 6.35. The van der Waals surface area contributed by atoms with E-state index in [2.05, 4.69) is 15.5 Å². The van der Waals surface area contributed by atoms with E-state index in [1.807, 2.05) is 17.0 Å². The molecule has 126 valence electrons. The van der Waals surface area contributed by atoms with Crippen LogP contribution in [0.5, 0.6) is 0 Å². The van der Waals surface area contributed by atoms with Crippen LogP contribution >= 0.6 is 23.2 Å². The van der Waals surface area contributed by atoms with Crippen molar-refractivity contribution in [1.29, 1.82) is 0 Å². The van der Waals surface area contributed by atoms with Gasteiger partial charge in [-0.25, -0.2) is 0 Å². The molecular formula is C17H18Cl2N4O. The van der Waals surface area contributed by atoms with Gasteiger partial charge in [0.25, 0.3) is 5.91 Å². The molecule has 2 heterocycles. The van der Waals surface area contributed by atoms with Crippen molar-refractivity contribution in [2.45, 2.75) is 19.3 Å². The van der Waals surface area contributed by atoms with Crippen LogP contribution < -0.4 is 5.32 Å². The van der Waals surface area contributed by atoms with Crippen LogP contribution in [0.1, 0.15) is 28.9 Å². The highest BCUT2D eigenvalue weighted by atomic mass is 35.5. The van der Waals surface area contributed by atoms with E-state index in [1.54, 1.807) is 18.2 Å². The van der Waals surface area contributed by atoms with Crippen LogP contribution in [-0.4, -0.2) is 40.6 Å². The number of nitrogens with zero attached hydrogens (tertiary/aromatic N) is 3. The van der Waals surface area contributed by atoms with E-state index >= 15 is 0 Å². The number of halogens is 2. The van der Waals surface area contributed by atoms with E-state index in [4.69, 9.17) is 23.2 Å². The SMILES string of the molecule is O=C(c1ccc(NCCc2ccc(Cl)cc2Cl)nn1)N1CCCC1. The predicted molar refractivity (Wildman–Crippen MR) is 95.8 cm³/mol. The molecule has 1 saturated heterocycles. The van der Waals surface area contributed by atoms with Crippen molar-refractivity contribution in [1.82, 2.24) is 15.1 Å². The summed E-state index contributed by atoms with van der Waals surface area (Å²) in [7, 11) is 0. The molecule has 1 fully saturated rings. The maximum atomic E-state index is 12.2. The standard InChI is InChI=1S/C17H18Cl2N4O/c18-13-4-3-12(14(19)11-13)7-8-20-16-6-5-15(21-22-16)17(24)23-9-1-2-10-23/h3-6,11H,1-2,7-10H2,(H,20,22). The van der Waals surface area contributed by atoms with Gasteiger partial charge in [-0.05, 0) is 49.1 Å². The molecule has 1 aliphatic rings. The Balaban J connectivity index is 1.53. The number of carbonyl (C=O) groups is 1. The first-order valence-corrected chi connectivity index (χ1v) is 8.70. The van der Waals surface area contributed by atoms with Gasteiger partial charge in [-0.3, -0.25) is 4.79 Å². The molecule has 3 rings (SSSR count). The lowest BCUT2D eigenvalue weighted by atomic mass is 10.1. The Labute approximate surface area is 151 Å². The number of benzene rings is 1. The van der Waals surface area contributed by atoms with Crippen molar-refractivity contribution in [3.05, 3.63) is 51.6 Å². The third kappa shape index (κ3) is 4.16. The molecule has 1 aliphatic heterocycles. The third-order valence-electron chi connectivity index (χ3n) is 3.99. The normalized spacial score (nSPS) is 14.0. The van der Waals surface area contributed by atoms with Gasteiger partial charge in [0.15, 0.2) is 5.69 Å². The maximum Gasteiger partial charge on any atom is 0.274 e. The van der Waals surface area contributed by atoms with Crippen molar-refractivity contribution in [2.75, 3.05) is 25.0 Å². The number of anilines is 1. The number of amides is 1.